The fourth-order valence-corrected chi connectivity index (χ4v) is 3.89. The number of carbonyl (C=O) groups is 1. The molecule has 1 aliphatic carbocycles. The molecule has 2 fully saturated rings. The number of carbonyl (C=O) groups excluding carboxylic acids is 1. The molecule has 0 aromatic heterocycles. The summed E-state index contributed by atoms with van der Waals surface area (Å²) in [6.45, 7) is 4.54. The van der Waals surface area contributed by atoms with E-state index in [0.717, 1.165) is 25.2 Å². The Morgan fingerprint density at radius 1 is 1.29 bits per heavy atom. The van der Waals surface area contributed by atoms with E-state index >= 15 is 0 Å². The summed E-state index contributed by atoms with van der Waals surface area (Å²) in [6, 6.07) is 0. The standard InChI is InChI=1S/C15H27NO/c1-12(2)10-15(9-8-14(17)16-15)11-13-6-4-3-5-7-13/h12-13H,3-11H2,1-2H3,(H,16,17). The van der Waals surface area contributed by atoms with E-state index in [9.17, 15) is 4.79 Å². The zero-order chi connectivity index (χ0) is 12.3. The summed E-state index contributed by atoms with van der Waals surface area (Å²) in [7, 11) is 0. The third kappa shape index (κ3) is 3.46. The maximum atomic E-state index is 11.6. The number of hydrogen-bond donors (Lipinski definition) is 1. The lowest BCUT2D eigenvalue weighted by atomic mass is 9.75. The fraction of sp³-hybridized carbons (Fsp3) is 0.933. The molecule has 2 heteroatoms. The van der Waals surface area contributed by atoms with Crippen molar-refractivity contribution in [3.63, 3.8) is 0 Å². The second-order valence-electron chi connectivity index (χ2n) is 6.63. The predicted octanol–water partition coefficient (Wildman–Crippen LogP) is 3.65. The first-order valence-electron chi connectivity index (χ1n) is 7.41. The summed E-state index contributed by atoms with van der Waals surface area (Å²) in [4.78, 5) is 11.6. The first-order chi connectivity index (χ1) is 8.10. The van der Waals surface area contributed by atoms with Crippen molar-refractivity contribution in [2.45, 2.75) is 77.2 Å². The number of rotatable bonds is 4. The Balaban J connectivity index is 1.97. The molecule has 2 rings (SSSR count). The van der Waals surface area contributed by atoms with Crippen LogP contribution in [0.15, 0.2) is 0 Å². The van der Waals surface area contributed by atoms with Gasteiger partial charge in [-0.05, 0) is 31.1 Å². The van der Waals surface area contributed by atoms with Crippen molar-refractivity contribution in [1.82, 2.24) is 5.32 Å². The van der Waals surface area contributed by atoms with Crippen LogP contribution in [0.2, 0.25) is 0 Å². The van der Waals surface area contributed by atoms with E-state index in [1.165, 1.54) is 38.5 Å². The highest BCUT2D eigenvalue weighted by molar-refractivity contribution is 5.79. The first kappa shape index (κ1) is 12.9. The Hall–Kier alpha value is -0.530. The van der Waals surface area contributed by atoms with E-state index in [-0.39, 0.29) is 11.4 Å². The van der Waals surface area contributed by atoms with Crippen LogP contribution < -0.4 is 5.32 Å². The van der Waals surface area contributed by atoms with Crippen LogP contribution >= 0.6 is 0 Å². The normalized spacial score (nSPS) is 30.9. The molecule has 0 radical (unpaired) electrons. The summed E-state index contributed by atoms with van der Waals surface area (Å²) in [5.41, 5.74) is 0.146. The minimum Gasteiger partial charge on any atom is -0.351 e. The van der Waals surface area contributed by atoms with Gasteiger partial charge in [-0.15, -0.1) is 0 Å². The quantitative estimate of drug-likeness (QED) is 0.794. The highest BCUT2D eigenvalue weighted by Crippen LogP contribution is 2.38. The van der Waals surface area contributed by atoms with Crippen LogP contribution in [0.25, 0.3) is 0 Å². The Bertz CT molecular complexity index is 268. The number of nitrogens with one attached hydrogen (secondary N) is 1. The molecule has 1 aliphatic heterocycles. The van der Waals surface area contributed by atoms with Crippen molar-refractivity contribution < 1.29 is 4.79 Å². The number of hydrogen-bond acceptors (Lipinski definition) is 1. The Labute approximate surface area is 106 Å². The van der Waals surface area contributed by atoms with Crippen LogP contribution in [0.4, 0.5) is 0 Å². The molecule has 17 heavy (non-hydrogen) atoms. The third-order valence-electron chi connectivity index (χ3n) is 4.44. The van der Waals surface area contributed by atoms with Crippen LogP contribution in [0.5, 0.6) is 0 Å². The molecule has 0 aromatic carbocycles. The Kier molecular flexibility index (Phi) is 4.11. The van der Waals surface area contributed by atoms with Gasteiger partial charge in [0.25, 0.3) is 0 Å². The average molecular weight is 237 g/mol. The van der Waals surface area contributed by atoms with Crippen LogP contribution in [0.1, 0.15) is 71.6 Å². The van der Waals surface area contributed by atoms with Crippen molar-refractivity contribution >= 4 is 5.91 Å². The molecule has 98 valence electrons. The highest BCUT2D eigenvalue weighted by atomic mass is 16.2. The highest BCUT2D eigenvalue weighted by Gasteiger charge is 2.39. The van der Waals surface area contributed by atoms with E-state index in [1.54, 1.807) is 0 Å². The topological polar surface area (TPSA) is 29.1 Å². The van der Waals surface area contributed by atoms with Crippen LogP contribution in [-0.2, 0) is 4.79 Å². The van der Waals surface area contributed by atoms with Crippen molar-refractivity contribution in [1.29, 1.82) is 0 Å². The van der Waals surface area contributed by atoms with E-state index in [2.05, 4.69) is 19.2 Å². The molecule has 2 nitrogen and oxygen atoms in total. The van der Waals surface area contributed by atoms with Gasteiger partial charge in [0.05, 0.1) is 0 Å². The SMILES string of the molecule is CC(C)CC1(CC2CCCCC2)CCC(=O)N1. The predicted molar refractivity (Wildman–Crippen MR) is 70.8 cm³/mol. The minimum atomic E-state index is 0.146. The summed E-state index contributed by atoms with van der Waals surface area (Å²) < 4.78 is 0. The lowest BCUT2D eigenvalue weighted by Gasteiger charge is -2.36. The Morgan fingerprint density at radius 2 is 2.00 bits per heavy atom. The van der Waals surface area contributed by atoms with Gasteiger partial charge in [-0.2, -0.15) is 0 Å². The molecule has 1 saturated carbocycles. The number of amides is 1. The van der Waals surface area contributed by atoms with Gasteiger partial charge in [0.2, 0.25) is 5.91 Å². The van der Waals surface area contributed by atoms with E-state index in [4.69, 9.17) is 0 Å². The van der Waals surface area contributed by atoms with E-state index in [0.29, 0.717) is 5.92 Å². The van der Waals surface area contributed by atoms with Crippen molar-refractivity contribution in [2.75, 3.05) is 0 Å². The average Bonchev–Trinajstić information content (AvgIpc) is 2.60. The van der Waals surface area contributed by atoms with Crippen molar-refractivity contribution in [3.05, 3.63) is 0 Å². The molecular formula is C15H27NO. The monoisotopic (exact) mass is 237 g/mol. The smallest absolute Gasteiger partial charge is 0.220 e. The van der Waals surface area contributed by atoms with Gasteiger partial charge >= 0.3 is 0 Å². The molecular weight excluding hydrogens is 210 g/mol. The zero-order valence-electron chi connectivity index (χ0n) is 11.4. The molecule has 1 atom stereocenters. The molecule has 1 heterocycles. The second-order valence-corrected chi connectivity index (χ2v) is 6.63. The van der Waals surface area contributed by atoms with E-state index < -0.39 is 0 Å². The lowest BCUT2D eigenvalue weighted by molar-refractivity contribution is -0.120. The molecule has 1 N–H and O–H groups in total. The molecule has 1 amide bonds. The summed E-state index contributed by atoms with van der Waals surface area (Å²) >= 11 is 0. The van der Waals surface area contributed by atoms with Crippen LogP contribution in [0.3, 0.4) is 0 Å². The molecule has 1 saturated heterocycles. The zero-order valence-corrected chi connectivity index (χ0v) is 11.4. The summed E-state index contributed by atoms with van der Waals surface area (Å²) in [5.74, 6) is 1.82. The molecule has 0 bridgehead atoms. The third-order valence-corrected chi connectivity index (χ3v) is 4.44. The Morgan fingerprint density at radius 3 is 2.53 bits per heavy atom. The van der Waals surface area contributed by atoms with Gasteiger partial charge in [0, 0.05) is 12.0 Å². The van der Waals surface area contributed by atoms with Crippen LogP contribution in [0, 0.1) is 11.8 Å². The maximum Gasteiger partial charge on any atom is 0.220 e. The van der Waals surface area contributed by atoms with Gasteiger partial charge in [0.15, 0.2) is 0 Å². The second kappa shape index (κ2) is 5.41. The largest absolute Gasteiger partial charge is 0.351 e. The van der Waals surface area contributed by atoms with Gasteiger partial charge < -0.3 is 5.32 Å². The summed E-state index contributed by atoms with van der Waals surface area (Å²) in [5, 5.41) is 3.31. The van der Waals surface area contributed by atoms with Crippen molar-refractivity contribution in [2.24, 2.45) is 11.8 Å². The van der Waals surface area contributed by atoms with Crippen LogP contribution in [-0.4, -0.2) is 11.4 Å². The lowest BCUT2D eigenvalue weighted by Crippen LogP contribution is -2.44. The van der Waals surface area contributed by atoms with Gasteiger partial charge in [-0.25, -0.2) is 0 Å². The fourth-order valence-electron chi connectivity index (χ4n) is 3.89. The molecule has 0 spiro atoms. The van der Waals surface area contributed by atoms with Gasteiger partial charge in [0.1, 0.15) is 0 Å². The summed E-state index contributed by atoms with van der Waals surface area (Å²) in [6.07, 6.45) is 11.2. The van der Waals surface area contributed by atoms with Gasteiger partial charge in [-0.1, -0.05) is 46.0 Å². The first-order valence-corrected chi connectivity index (χ1v) is 7.41. The minimum absolute atomic E-state index is 0.146. The maximum absolute atomic E-state index is 11.6. The van der Waals surface area contributed by atoms with Gasteiger partial charge in [-0.3, -0.25) is 4.79 Å². The van der Waals surface area contributed by atoms with E-state index in [1.807, 2.05) is 0 Å². The van der Waals surface area contributed by atoms with Crippen molar-refractivity contribution in [3.8, 4) is 0 Å². The molecule has 1 unspecified atom stereocenters. The molecule has 0 aromatic rings. The molecule has 2 aliphatic rings.